The SMILES string of the molecule is Cc1ccc(C)c2c1c(-c1cc(N)n[nH]1)cn2C. The van der Waals surface area contributed by atoms with Crippen LogP contribution in [0.25, 0.3) is 22.2 Å². The molecule has 0 aliphatic heterocycles. The predicted octanol–water partition coefficient (Wildman–Crippen LogP) is 2.77. The van der Waals surface area contributed by atoms with Crippen LogP contribution in [0.2, 0.25) is 0 Å². The molecular formula is C14H16N4. The van der Waals surface area contributed by atoms with Crippen LogP contribution in [0.4, 0.5) is 5.82 Å². The van der Waals surface area contributed by atoms with Crippen LogP contribution in [0.1, 0.15) is 11.1 Å². The van der Waals surface area contributed by atoms with Crippen molar-refractivity contribution < 1.29 is 0 Å². The average Bonchev–Trinajstić information content (AvgIpc) is 2.89. The summed E-state index contributed by atoms with van der Waals surface area (Å²) in [6.45, 7) is 4.26. The summed E-state index contributed by atoms with van der Waals surface area (Å²) in [6, 6.07) is 6.18. The van der Waals surface area contributed by atoms with Crippen LogP contribution in [-0.4, -0.2) is 14.8 Å². The third-order valence-corrected chi connectivity index (χ3v) is 3.42. The van der Waals surface area contributed by atoms with Gasteiger partial charge in [0, 0.05) is 30.3 Å². The number of aromatic amines is 1. The number of nitrogens with one attached hydrogen (secondary N) is 1. The standard InChI is InChI=1S/C14H16N4/c1-8-4-5-9(2)14-13(8)10(7-18(14)3)11-6-12(15)17-16-11/h4-7H,1-3H3,(H3,15,16,17). The molecule has 92 valence electrons. The lowest BCUT2D eigenvalue weighted by Crippen LogP contribution is -1.88. The van der Waals surface area contributed by atoms with Gasteiger partial charge in [0.05, 0.1) is 11.2 Å². The Balaban J connectivity index is 2.41. The highest BCUT2D eigenvalue weighted by Gasteiger charge is 2.14. The number of aromatic nitrogens is 3. The summed E-state index contributed by atoms with van der Waals surface area (Å²) in [5.74, 6) is 0.521. The third-order valence-electron chi connectivity index (χ3n) is 3.42. The average molecular weight is 240 g/mol. The summed E-state index contributed by atoms with van der Waals surface area (Å²) in [4.78, 5) is 0. The van der Waals surface area contributed by atoms with Gasteiger partial charge < -0.3 is 10.3 Å². The first-order chi connectivity index (χ1) is 8.58. The van der Waals surface area contributed by atoms with Crippen molar-refractivity contribution in [1.29, 1.82) is 0 Å². The van der Waals surface area contributed by atoms with E-state index in [1.165, 1.54) is 22.0 Å². The maximum absolute atomic E-state index is 5.69. The summed E-state index contributed by atoms with van der Waals surface area (Å²) in [5.41, 5.74) is 11.6. The zero-order valence-electron chi connectivity index (χ0n) is 10.8. The van der Waals surface area contributed by atoms with E-state index in [2.05, 4.69) is 54.0 Å². The van der Waals surface area contributed by atoms with E-state index in [1.807, 2.05) is 6.07 Å². The molecule has 0 spiro atoms. The van der Waals surface area contributed by atoms with E-state index in [0.29, 0.717) is 5.82 Å². The maximum atomic E-state index is 5.69. The molecule has 0 fully saturated rings. The second kappa shape index (κ2) is 3.63. The highest BCUT2D eigenvalue weighted by molar-refractivity contribution is 5.99. The van der Waals surface area contributed by atoms with Crippen molar-refractivity contribution in [3.05, 3.63) is 35.5 Å². The number of nitrogens with zero attached hydrogens (tertiary/aromatic N) is 2. The van der Waals surface area contributed by atoms with E-state index < -0.39 is 0 Å². The largest absolute Gasteiger partial charge is 0.382 e. The zero-order valence-corrected chi connectivity index (χ0v) is 10.8. The van der Waals surface area contributed by atoms with Crippen LogP contribution in [0.15, 0.2) is 24.4 Å². The molecule has 0 aliphatic carbocycles. The fourth-order valence-electron chi connectivity index (χ4n) is 2.59. The molecule has 0 amide bonds. The first kappa shape index (κ1) is 10.9. The Kier molecular flexibility index (Phi) is 2.20. The highest BCUT2D eigenvalue weighted by atomic mass is 15.2. The minimum absolute atomic E-state index is 0.521. The number of anilines is 1. The number of rotatable bonds is 1. The number of nitrogen functional groups attached to an aromatic ring is 1. The predicted molar refractivity (Wildman–Crippen MR) is 74.4 cm³/mol. The first-order valence-electron chi connectivity index (χ1n) is 5.94. The van der Waals surface area contributed by atoms with E-state index in [9.17, 15) is 0 Å². The Morgan fingerprint density at radius 3 is 2.61 bits per heavy atom. The smallest absolute Gasteiger partial charge is 0.145 e. The van der Waals surface area contributed by atoms with Gasteiger partial charge in [-0.25, -0.2) is 0 Å². The van der Waals surface area contributed by atoms with Gasteiger partial charge in [0.25, 0.3) is 0 Å². The van der Waals surface area contributed by atoms with Crippen LogP contribution in [0.5, 0.6) is 0 Å². The molecule has 4 nitrogen and oxygen atoms in total. The first-order valence-corrected chi connectivity index (χ1v) is 5.94. The molecule has 3 aromatic rings. The number of hydrogen-bond donors (Lipinski definition) is 2. The van der Waals surface area contributed by atoms with Crippen LogP contribution >= 0.6 is 0 Å². The van der Waals surface area contributed by atoms with E-state index in [4.69, 9.17) is 5.73 Å². The molecular weight excluding hydrogens is 224 g/mol. The molecule has 0 saturated heterocycles. The molecule has 0 saturated carbocycles. The van der Waals surface area contributed by atoms with Gasteiger partial charge in [-0.2, -0.15) is 5.10 Å². The number of hydrogen-bond acceptors (Lipinski definition) is 2. The lowest BCUT2D eigenvalue weighted by Gasteiger charge is -2.04. The van der Waals surface area contributed by atoms with Gasteiger partial charge >= 0.3 is 0 Å². The number of fused-ring (bicyclic) bond motifs is 1. The molecule has 0 unspecified atom stereocenters. The normalized spacial score (nSPS) is 11.3. The van der Waals surface area contributed by atoms with E-state index in [0.717, 1.165) is 11.3 Å². The Morgan fingerprint density at radius 1 is 1.22 bits per heavy atom. The van der Waals surface area contributed by atoms with Crippen molar-refractivity contribution in [3.8, 4) is 11.3 Å². The van der Waals surface area contributed by atoms with Gasteiger partial charge in [0.1, 0.15) is 5.82 Å². The van der Waals surface area contributed by atoms with Gasteiger partial charge in [-0.05, 0) is 25.0 Å². The quantitative estimate of drug-likeness (QED) is 0.687. The van der Waals surface area contributed by atoms with Crippen molar-refractivity contribution in [2.75, 3.05) is 5.73 Å². The molecule has 0 aliphatic rings. The summed E-state index contributed by atoms with van der Waals surface area (Å²) >= 11 is 0. The Morgan fingerprint density at radius 2 is 1.94 bits per heavy atom. The lowest BCUT2D eigenvalue weighted by atomic mass is 10.0. The Labute approximate surface area is 105 Å². The highest BCUT2D eigenvalue weighted by Crippen LogP contribution is 2.33. The Bertz CT molecular complexity index is 734. The number of nitrogens with two attached hydrogens (primary N) is 1. The fraction of sp³-hybridized carbons (Fsp3) is 0.214. The number of aryl methyl sites for hydroxylation is 3. The third kappa shape index (κ3) is 1.42. The van der Waals surface area contributed by atoms with Gasteiger partial charge in [-0.15, -0.1) is 0 Å². The molecule has 4 heteroatoms. The minimum Gasteiger partial charge on any atom is -0.382 e. The van der Waals surface area contributed by atoms with Crippen LogP contribution in [0, 0.1) is 13.8 Å². The Hall–Kier alpha value is -2.23. The molecule has 18 heavy (non-hydrogen) atoms. The molecule has 2 aromatic heterocycles. The summed E-state index contributed by atoms with van der Waals surface area (Å²) in [6.07, 6.45) is 2.12. The van der Waals surface area contributed by atoms with Gasteiger partial charge in [-0.3, -0.25) is 5.10 Å². The molecule has 0 atom stereocenters. The zero-order chi connectivity index (χ0) is 12.9. The lowest BCUT2D eigenvalue weighted by molar-refractivity contribution is 0.963. The van der Waals surface area contributed by atoms with Crippen molar-refractivity contribution in [2.45, 2.75) is 13.8 Å². The van der Waals surface area contributed by atoms with E-state index in [-0.39, 0.29) is 0 Å². The van der Waals surface area contributed by atoms with Crippen molar-refractivity contribution >= 4 is 16.7 Å². The van der Waals surface area contributed by atoms with Crippen LogP contribution < -0.4 is 5.73 Å². The summed E-state index contributed by atoms with van der Waals surface area (Å²) in [7, 11) is 2.07. The van der Waals surface area contributed by atoms with Crippen molar-refractivity contribution in [3.63, 3.8) is 0 Å². The molecule has 3 rings (SSSR count). The van der Waals surface area contributed by atoms with Crippen molar-refractivity contribution in [1.82, 2.24) is 14.8 Å². The molecule has 2 heterocycles. The molecule has 0 radical (unpaired) electrons. The number of benzene rings is 1. The van der Waals surface area contributed by atoms with Gasteiger partial charge in [0.15, 0.2) is 0 Å². The fourth-order valence-corrected chi connectivity index (χ4v) is 2.59. The summed E-state index contributed by atoms with van der Waals surface area (Å²) in [5, 5.41) is 8.26. The second-order valence-corrected chi connectivity index (χ2v) is 4.78. The van der Waals surface area contributed by atoms with Gasteiger partial charge in [-0.1, -0.05) is 12.1 Å². The topological polar surface area (TPSA) is 59.6 Å². The van der Waals surface area contributed by atoms with Crippen LogP contribution in [0.3, 0.4) is 0 Å². The van der Waals surface area contributed by atoms with Crippen LogP contribution in [-0.2, 0) is 7.05 Å². The van der Waals surface area contributed by atoms with E-state index in [1.54, 1.807) is 0 Å². The maximum Gasteiger partial charge on any atom is 0.145 e. The second-order valence-electron chi connectivity index (χ2n) is 4.78. The molecule has 1 aromatic carbocycles. The van der Waals surface area contributed by atoms with E-state index >= 15 is 0 Å². The molecule has 3 N–H and O–H groups in total. The van der Waals surface area contributed by atoms with Gasteiger partial charge in [0.2, 0.25) is 0 Å². The molecule has 0 bridgehead atoms. The summed E-state index contributed by atoms with van der Waals surface area (Å²) < 4.78 is 2.16. The minimum atomic E-state index is 0.521. The number of H-pyrrole nitrogens is 1. The monoisotopic (exact) mass is 240 g/mol. The van der Waals surface area contributed by atoms with Crippen molar-refractivity contribution in [2.24, 2.45) is 7.05 Å².